The summed E-state index contributed by atoms with van der Waals surface area (Å²) in [6, 6.07) is 8.34. The van der Waals surface area contributed by atoms with Crippen molar-refractivity contribution < 1.29 is 0 Å². The molecule has 1 aromatic heterocycles. The van der Waals surface area contributed by atoms with Gasteiger partial charge < -0.3 is 10.2 Å². The molecule has 128 valence electrons. The van der Waals surface area contributed by atoms with Crippen LogP contribution in [0.1, 0.15) is 18.7 Å². The molecular formula is C18H24ClN5. The van der Waals surface area contributed by atoms with E-state index in [1.54, 1.807) is 12.4 Å². The third kappa shape index (κ3) is 4.66. The lowest BCUT2D eigenvalue weighted by Crippen LogP contribution is -2.48. The van der Waals surface area contributed by atoms with E-state index in [9.17, 15) is 0 Å². The van der Waals surface area contributed by atoms with Gasteiger partial charge in [-0.05, 0) is 25.1 Å². The lowest BCUT2D eigenvalue weighted by Gasteiger charge is -2.36. The molecule has 1 aliphatic rings. The summed E-state index contributed by atoms with van der Waals surface area (Å²) in [6.07, 6.45) is 5.26. The summed E-state index contributed by atoms with van der Waals surface area (Å²) in [5.41, 5.74) is 2.21. The summed E-state index contributed by atoms with van der Waals surface area (Å²) in [5.74, 6) is 0. The highest BCUT2D eigenvalue weighted by molar-refractivity contribution is 6.30. The highest BCUT2D eigenvalue weighted by atomic mass is 35.5. The Bertz CT molecular complexity index is 628. The molecule has 1 aliphatic heterocycles. The summed E-state index contributed by atoms with van der Waals surface area (Å²) in [7, 11) is 0. The monoisotopic (exact) mass is 345 g/mol. The molecule has 5 nitrogen and oxygen atoms in total. The van der Waals surface area contributed by atoms with Crippen molar-refractivity contribution in [3.63, 3.8) is 0 Å². The molecule has 0 radical (unpaired) electrons. The van der Waals surface area contributed by atoms with E-state index in [0.29, 0.717) is 0 Å². The van der Waals surface area contributed by atoms with Crippen LogP contribution in [0.4, 0.5) is 5.69 Å². The molecule has 1 unspecified atom stereocenters. The van der Waals surface area contributed by atoms with Crippen LogP contribution >= 0.6 is 11.6 Å². The smallest absolute Gasteiger partial charge is 0.0753 e. The maximum atomic E-state index is 6.09. The topological polar surface area (TPSA) is 44.3 Å². The molecule has 3 rings (SSSR count). The zero-order chi connectivity index (χ0) is 16.8. The van der Waals surface area contributed by atoms with E-state index in [2.05, 4.69) is 38.1 Å². The zero-order valence-corrected chi connectivity index (χ0v) is 14.8. The van der Waals surface area contributed by atoms with Crippen LogP contribution in [-0.2, 0) is 0 Å². The van der Waals surface area contributed by atoms with Crippen LogP contribution < -0.4 is 10.2 Å². The number of hydrogen-bond donors (Lipinski definition) is 1. The van der Waals surface area contributed by atoms with Gasteiger partial charge in [0.05, 0.1) is 5.69 Å². The number of benzene rings is 1. The Morgan fingerprint density at radius 2 is 2.04 bits per heavy atom. The largest absolute Gasteiger partial charge is 0.369 e. The van der Waals surface area contributed by atoms with Crippen LogP contribution in [0.2, 0.25) is 5.02 Å². The first kappa shape index (κ1) is 17.1. The fourth-order valence-electron chi connectivity index (χ4n) is 2.98. The van der Waals surface area contributed by atoms with E-state index < -0.39 is 0 Å². The molecule has 1 saturated heterocycles. The van der Waals surface area contributed by atoms with Crippen LogP contribution in [-0.4, -0.2) is 54.1 Å². The van der Waals surface area contributed by atoms with Crippen LogP contribution in [0, 0.1) is 0 Å². The van der Waals surface area contributed by atoms with Gasteiger partial charge in [-0.15, -0.1) is 0 Å². The van der Waals surface area contributed by atoms with Crippen molar-refractivity contribution in [2.75, 3.05) is 44.2 Å². The molecule has 1 fully saturated rings. The minimum Gasteiger partial charge on any atom is -0.369 e. The van der Waals surface area contributed by atoms with Crippen LogP contribution in [0.5, 0.6) is 0 Å². The Labute approximate surface area is 148 Å². The third-order valence-electron chi connectivity index (χ3n) is 4.45. The van der Waals surface area contributed by atoms with Gasteiger partial charge >= 0.3 is 0 Å². The molecule has 0 bridgehead atoms. The van der Waals surface area contributed by atoms with Crippen LogP contribution in [0.3, 0.4) is 0 Å². The van der Waals surface area contributed by atoms with Gasteiger partial charge in [0.15, 0.2) is 0 Å². The van der Waals surface area contributed by atoms with E-state index in [-0.39, 0.29) is 6.04 Å². The van der Waals surface area contributed by atoms with Gasteiger partial charge in [-0.1, -0.05) is 17.7 Å². The van der Waals surface area contributed by atoms with E-state index in [1.165, 1.54) is 5.69 Å². The normalized spacial score (nSPS) is 17.0. The molecule has 2 aromatic rings. The van der Waals surface area contributed by atoms with Gasteiger partial charge in [-0.2, -0.15) is 0 Å². The first-order valence-electron chi connectivity index (χ1n) is 8.44. The van der Waals surface area contributed by atoms with Gasteiger partial charge in [0.2, 0.25) is 0 Å². The Morgan fingerprint density at radius 1 is 1.21 bits per heavy atom. The second kappa shape index (κ2) is 8.42. The Hall–Kier alpha value is -1.69. The summed E-state index contributed by atoms with van der Waals surface area (Å²) in [6.45, 7) is 8.37. The average Bonchev–Trinajstić information content (AvgIpc) is 2.63. The first-order chi connectivity index (χ1) is 11.7. The molecule has 1 N–H and O–H groups in total. The second-order valence-corrected chi connectivity index (χ2v) is 6.55. The second-order valence-electron chi connectivity index (χ2n) is 6.11. The SMILES string of the molecule is CC(NCCN1CCN(c2cccc(Cl)c2)CC1)c1cnccn1. The Morgan fingerprint density at radius 3 is 2.75 bits per heavy atom. The van der Waals surface area contributed by atoms with Crippen LogP contribution in [0.15, 0.2) is 42.9 Å². The number of piperazine rings is 1. The number of aromatic nitrogens is 2. The van der Waals surface area contributed by atoms with Crippen molar-refractivity contribution in [1.29, 1.82) is 0 Å². The lowest BCUT2D eigenvalue weighted by molar-refractivity contribution is 0.254. The molecule has 2 heterocycles. The summed E-state index contributed by atoms with van der Waals surface area (Å²) < 4.78 is 0. The minimum absolute atomic E-state index is 0.228. The summed E-state index contributed by atoms with van der Waals surface area (Å²) in [5, 5.41) is 4.32. The first-order valence-corrected chi connectivity index (χ1v) is 8.82. The van der Waals surface area contributed by atoms with Crippen molar-refractivity contribution in [2.45, 2.75) is 13.0 Å². The molecule has 0 aliphatic carbocycles. The van der Waals surface area contributed by atoms with E-state index >= 15 is 0 Å². The number of nitrogens with zero attached hydrogens (tertiary/aromatic N) is 4. The molecule has 1 aromatic carbocycles. The van der Waals surface area contributed by atoms with Gasteiger partial charge in [-0.3, -0.25) is 14.9 Å². The fourth-order valence-corrected chi connectivity index (χ4v) is 3.16. The molecule has 0 amide bonds. The van der Waals surface area contributed by atoms with Crippen molar-refractivity contribution in [3.8, 4) is 0 Å². The van der Waals surface area contributed by atoms with Gasteiger partial charge in [0.1, 0.15) is 0 Å². The van der Waals surface area contributed by atoms with Crippen molar-refractivity contribution in [2.24, 2.45) is 0 Å². The lowest BCUT2D eigenvalue weighted by atomic mass is 10.2. The van der Waals surface area contributed by atoms with E-state index in [0.717, 1.165) is 50.0 Å². The predicted octanol–water partition coefficient (Wildman–Crippen LogP) is 2.60. The maximum Gasteiger partial charge on any atom is 0.0753 e. The quantitative estimate of drug-likeness (QED) is 0.871. The maximum absolute atomic E-state index is 6.09. The number of nitrogens with one attached hydrogen (secondary N) is 1. The standard InChI is InChI=1S/C18H24ClN5/c1-15(18-14-20-5-6-22-18)21-7-8-23-9-11-24(12-10-23)17-4-2-3-16(19)13-17/h2-6,13-15,21H,7-12H2,1H3. The molecule has 6 heteroatoms. The number of rotatable bonds is 6. The third-order valence-corrected chi connectivity index (χ3v) is 4.69. The van der Waals surface area contributed by atoms with E-state index in [1.807, 2.05) is 24.4 Å². The van der Waals surface area contributed by atoms with Crippen molar-refractivity contribution >= 4 is 17.3 Å². The molecular weight excluding hydrogens is 322 g/mol. The molecule has 0 spiro atoms. The van der Waals surface area contributed by atoms with Crippen molar-refractivity contribution in [1.82, 2.24) is 20.2 Å². The molecule has 0 saturated carbocycles. The molecule has 24 heavy (non-hydrogen) atoms. The Kier molecular flexibility index (Phi) is 6.01. The number of anilines is 1. The summed E-state index contributed by atoms with van der Waals surface area (Å²) >= 11 is 6.09. The average molecular weight is 346 g/mol. The highest BCUT2D eigenvalue weighted by Gasteiger charge is 2.17. The number of halogens is 1. The van der Waals surface area contributed by atoms with Crippen molar-refractivity contribution in [3.05, 3.63) is 53.6 Å². The van der Waals surface area contributed by atoms with Gasteiger partial charge in [-0.25, -0.2) is 0 Å². The highest BCUT2D eigenvalue weighted by Crippen LogP contribution is 2.20. The zero-order valence-electron chi connectivity index (χ0n) is 14.0. The predicted molar refractivity (Wildman–Crippen MR) is 98.6 cm³/mol. The fraction of sp³-hybridized carbons (Fsp3) is 0.444. The summed E-state index contributed by atoms with van der Waals surface area (Å²) in [4.78, 5) is 13.4. The number of hydrogen-bond acceptors (Lipinski definition) is 5. The van der Waals surface area contributed by atoms with Gasteiger partial charge in [0.25, 0.3) is 0 Å². The van der Waals surface area contributed by atoms with E-state index in [4.69, 9.17) is 11.6 Å². The minimum atomic E-state index is 0.228. The van der Waals surface area contributed by atoms with Crippen LogP contribution in [0.25, 0.3) is 0 Å². The van der Waals surface area contributed by atoms with Gasteiger partial charge in [0, 0.05) is 74.6 Å². The Balaban J connectivity index is 1.40. The molecule has 1 atom stereocenters.